The number of halogens is 1. The maximum absolute atomic E-state index is 13.2. The topological polar surface area (TPSA) is 97.6 Å². The highest BCUT2D eigenvalue weighted by molar-refractivity contribution is 6.32. The lowest BCUT2D eigenvalue weighted by molar-refractivity contribution is -0.171. The van der Waals surface area contributed by atoms with E-state index in [1.54, 1.807) is 36.7 Å². The molecule has 8 nitrogen and oxygen atoms in total. The molecule has 214 valence electrons. The van der Waals surface area contributed by atoms with Crippen molar-refractivity contribution in [2.75, 3.05) is 31.2 Å². The SMILES string of the molecule is CC1(C)CC(CC(=O)c2ccc(Oc3cccc(-c4cnc(N5CCOCC5)nc4)c3C#N)c(Cl)c2)CC(C)(C)O1. The third kappa shape index (κ3) is 6.87. The lowest BCUT2D eigenvalue weighted by atomic mass is 9.78. The standard InChI is InChI=1S/C32H35ClN4O4/c1-31(2)16-21(17-32(3,4)41-31)14-27(38)22-8-9-29(26(33)15-22)40-28-7-5-6-24(25(28)18-34)23-19-35-30(36-20-23)37-10-12-39-13-11-37/h5-9,15,19-21H,10-14,16-17H2,1-4H3. The van der Waals surface area contributed by atoms with Gasteiger partial charge in [-0.25, -0.2) is 9.97 Å². The third-order valence-electron chi connectivity index (χ3n) is 7.44. The number of rotatable bonds is 7. The second-order valence-corrected chi connectivity index (χ2v) is 12.3. The van der Waals surface area contributed by atoms with Gasteiger partial charge in [0.25, 0.3) is 0 Å². The first kappa shape index (κ1) is 29.0. The minimum Gasteiger partial charge on any atom is -0.454 e. The fourth-order valence-corrected chi connectivity index (χ4v) is 6.27. The highest BCUT2D eigenvalue weighted by atomic mass is 35.5. The molecule has 3 aromatic rings. The summed E-state index contributed by atoms with van der Waals surface area (Å²) in [6.45, 7) is 11.1. The molecule has 0 N–H and O–H groups in total. The molecule has 0 bridgehead atoms. The summed E-state index contributed by atoms with van der Waals surface area (Å²) in [5.41, 5.74) is 1.70. The van der Waals surface area contributed by atoms with Crippen molar-refractivity contribution < 1.29 is 19.0 Å². The van der Waals surface area contributed by atoms with Crippen LogP contribution in [0.5, 0.6) is 11.5 Å². The average molecular weight is 575 g/mol. The molecule has 0 saturated carbocycles. The number of Topliss-reactive ketones (excluding diaryl/α,β-unsaturated/α-hetero) is 1. The van der Waals surface area contributed by atoms with E-state index in [1.165, 1.54) is 0 Å². The summed E-state index contributed by atoms with van der Waals surface area (Å²) in [4.78, 5) is 24.3. The number of morpholine rings is 1. The van der Waals surface area contributed by atoms with E-state index in [2.05, 4.69) is 48.6 Å². The summed E-state index contributed by atoms with van der Waals surface area (Å²) in [6, 6.07) is 12.7. The van der Waals surface area contributed by atoms with Gasteiger partial charge in [0.05, 0.1) is 29.4 Å². The van der Waals surface area contributed by atoms with Crippen molar-refractivity contribution in [1.29, 1.82) is 5.26 Å². The van der Waals surface area contributed by atoms with Gasteiger partial charge in [-0.15, -0.1) is 0 Å². The maximum atomic E-state index is 13.2. The minimum atomic E-state index is -0.272. The van der Waals surface area contributed by atoms with E-state index >= 15 is 0 Å². The third-order valence-corrected chi connectivity index (χ3v) is 7.74. The fourth-order valence-electron chi connectivity index (χ4n) is 6.05. The first-order chi connectivity index (χ1) is 19.5. The molecule has 2 aliphatic rings. The van der Waals surface area contributed by atoms with Crippen LogP contribution in [0.25, 0.3) is 11.1 Å². The monoisotopic (exact) mass is 574 g/mol. The Bertz CT molecular complexity index is 1440. The molecule has 5 rings (SSSR count). The Morgan fingerprint density at radius 2 is 1.76 bits per heavy atom. The molecule has 0 spiro atoms. The number of hydrogen-bond donors (Lipinski definition) is 0. The second kappa shape index (κ2) is 11.8. The zero-order valence-electron chi connectivity index (χ0n) is 23.9. The van der Waals surface area contributed by atoms with Crippen molar-refractivity contribution in [3.05, 3.63) is 64.9 Å². The van der Waals surface area contributed by atoms with Crippen molar-refractivity contribution in [2.24, 2.45) is 5.92 Å². The highest BCUT2D eigenvalue weighted by Gasteiger charge is 2.39. The smallest absolute Gasteiger partial charge is 0.225 e. The fraction of sp³-hybridized carbons (Fsp3) is 0.438. The number of anilines is 1. The van der Waals surface area contributed by atoms with E-state index < -0.39 is 0 Å². The first-order valence-corrected chi connectivity index (χ1v) is 14.3. The van der Waals surface area contributed by atoms with Crippen LogP contribution in [0.15, 0.2) is 48.8 Å². The van der Waals surface area contributed by atoms with Gasteiger partial charge in [0, 0.05) is 48.6 Å². The van der Waals surface area contributed by atoms with E-state index in [1.807, 2.05) is 12.1 Å². The molecule has 2 aliphatic heterocycles. The van der Waals surface area contributed by atoms with Crippen LogP contribution in [0.3, 0.4) is 0 Å². The van der Waals surface area contributed by atoms with Crippen molar-refractivity contribution in [2.45, 2.75) is 58.2 Å². The average Bonchev–Trinajstić information content (AvgIpc) is 2.93. The van der Waals surface area contributed by atoms with Gasteiger partial charge < -0.3 is 19.1 Å². The number of ether oxygens (including phenoxy) is 3. The molecule has 0 aliphatic carbocycles. The van der Waals surface area contributed by atoms with Crippen LogP contribution in [0, 0.1) is 17.2 Å². The summed E-state index contributed by atoms with van der Waals surface area (Å²) in [6.07, 6.45) is 5.51. The summed E-state index contributed by atoms with van der Waals surface area (Å²) >= 11 is 6.59. The first-order valence-electron chi connectivity index (χ1n) is 13.9. The van der Waals surface area contributed by atoms with E-state index in [-0.39, 0.29) is 22.9 Å². The summed E-state index contributed by atoms with van der Waals surface area (Å²) in [7, 11) is 0. The van der Waals surface area contributed by atoms with Crippen LogP contribution >= 0.6 is 11.6 Å². The van der Waals surface area contributed by atoms with Crippen LogP contribution < -0.4 is 9.64 Å². The summed E-state index contributed by atoms with van der Waals surface area (Å²) in [5, 5.41) is 10.3. The number of carbonyl (C=O) groups is 1. The Balaban J connectivity index is 1.31. The molecule has 2 aromatic carbocycles. The molecular formula is C32H35ClN4O4. The molecule has 0 amide bonds. The Kier molecular flexibility index (Phi) is 8.32. The van der Waals surface area contributed by atoms with Crippen LogP contribution in [-0.4, -0.2) is 53.3 Å². The Morgan fingerprint density at radius 3 is 2.39 bits per heavy atom. The number of nitrogens with zero attached hydrogens (tertiary/aromatic N) is 4. The Hall–Kier alpha value is -3.51. The molecule has 0 atom stereocenters. The predicted octanol–water partition coefficient (Wildman–Crippen LogP) is 6.85. The van der Waals surface area contributed by atoms with Crippen molar-refractivity contribution in [3.8, 4) is 28.7 Å². The molecule has 2 saturated heterocycles. The van der Waals surface area contributed by atoms with Crippen molar-refractivity contribution in [3.63, 3.8) is 0 Å². The molecule has 0 radical (unpaired) electrons. The number of nitriles is 1. The van der Waals surface area contributed by atoms with Crippen LogP contribution in [0.4, 0.5) is 5.95 Å². The van der Waals surface area contributed by atoms with E-state index in [4.69, 9.17) is 25.8 Å². The van der Waals surface area contributed by atoms with Gasteiger partial charge in [0.15, 0.2) is 5.78 Å². The molecule has 1 aromatic heterocycles. The van der Waals surface area contributed by atoms with Crippen LogP contribution in [0.2, 0.25) is 5.02 Å². The van der Waals surface area contributed by atoms with Crippen molar-refractivity contribution >= 4 is 23.3 Å². The molecule has 9 heteroatoms. The summed E-state index contributed by atoms with van der Waals surface area (Å²) in [5.74, 6) is 1.62. The van der Waals surface area contributed by atoms with Crippen molar-refractivity contribution in [1.82, 2.24) is 9.97 Å². The molecular weight excluding hydrogens is 540 g/mol. The van der Waals surface area contributed by atoms with Gasteiger partial charge in [-0.1, -0.05) is 23.7 Å². The van der Waals surface area contributed by atoms with Gasteiger partial charge in [-0.05, 0) is 70.7 Å². The lowest BCUT2D eigenvalue weighted by Crippen LogP contribution is -2.45. The molecule has 41 heavy (non-hydrogen) atoms. The van der Waals surface area contributed by atoms with Gasteiger partial charge in [0.2, 0.25) is 5.95 Å². The highest BCUT2D eigenvalue weighted by Crippen LogP contribution is 2.41. The van der Waals surface area contributed by atoms with E-state index in [0.717, 1.165) is 25.9 Å². The Labute approximate surface area is 246 Å². The maximum Gasteiger partial charge on any atom is 0.225 e. The molecule has 0 unspecified atom stereocenters. The summed E-state index contributed by atoms with van der Waals surface area (Å²) < 4.78 is 17.7. The zero-order valence-corrected chi connectivity index (χ0v) is 24.7. The lowest BCUT2D eigenvalue weighted by Gasteiger charge is -2.45. The van der Waals surface area contributed by atoms with Gasteiger partial charge in [0.1, 0.15) is 23.1 Å². The van der Waals surface area contributed by atoms with Gasteiger partial charge >= 0.3 is 0 Å². The zero-order chi connectivity index (χ0) is 29.2. The Morgan fingerprint density at radius 1 is 1.07 bits per heavy atom. The molecule has 2 fully saturated rings. The van der Waals surface area contributed by atoms with Crippen LogP contribution in [-0.2, 0) is 9.47 Å². The minimum absolute atomic E-state index is 0.0391. The largest absolute Gasteiger partial charge is 0.454 e. The predicted molar refractivity (Wildman–Crippen MR) is 158 cm³/mol. The van der Waals surface area contributed by atoms with Crippen LogP contribution in [0.1, 0.15) is 62.9 Å². The van der Waals surface area contributed by atoms with E-state index in [0.29, 0.717) is 64.4 Å². The number of hydrogen-bond acceptors (Lipinski definition) is 8. The van der Waals surface area contributed by atoms with Gasteiger partial charge in [-0.3, -0.25) is 4.79 Å². The quantitative estimate of drug-likeness (QED) is 0.282. The normalized spacial score (nSPS) is 18.5. The van der Waals surface area contributed by atoms with Gasteiger partial charge in [-0.2, -0.15) is 5.26 Å². The molecule has 3 heterocycles. The number of aromatic nitrogens is 2. The number of benzene rings is 2. The van der Waals surface area contributed by atoms with E-state index in [9.17, 15) is 10.1 Å². The number of carbonyl (C=O) groups excluding carboxylic acids is 1. The number of ketones is 1. The second-order valence-electron chi connectivity index (χ2n) is 11.9.